The fourth-order valence-electron chi connectivity index (χ4n) is 1.63. The summed E-state index contributed by atoms with van der Waals surface area (Å²) < 4.78 is 0. The molecule has 0 radical (unpaired) electrons. The highest BCUT2D eigenvalue weighted by molar-refractivity contribution is 5.70. The molecule has 16 heavy (non-hydrogen) atoms. The minimum absolute atomic E-state index is 0.0311. The van der Waals surface area contributed by atoms with Gasteiger partial charge in [-0.25, -0.2) is 0 Å². The molecule has 0 amide bonds. The van der Waals surface area contributed by atoms with E-state index in [2.05, 4.69) is 19.9 Å². The molecule has 0 aliphatic rings. The van der Waals surface area contributed by atoms with E-state index in [1.54, 1.807) is 12.1 Å². The summed E-state index contributed by atoms with van der Waals surface area (Å²) in [4.78, 5) is 10.5. The maximum Gasteiger partial charge on any atom is 0.307 e. The smallest absolute Gasteiger partial charge is 0.307 e. The van der Waals surface area contributed by atoms with E-state index in [1.807, 2.05) is 6.07 Å². The van der Waals surface area contributed by atoms with E-state index in [9.17, 15) is 4.79 Å². The molecule has 1 aromatic carbocycles. The Hall–Kier alpha value is -1.82. The zero-order valence-electron chi connectivity index (χ0n) is 9.53. The molecule has 3 nitrogen and oxygen atoms in total. The second-order valence-electron chi connectivity index (χ2n) is 4.27. The third-order valence-electron chi connectivity index (χ3n) is 2.28. The molecular formula is C13H15NO2. The number of hydrogen-bond acceptors (Lipinski definition) is 2. The predicted octanol–water partition coefficient (Wildman–Crippen LogP) is 2.38. The van der Waals surface area contributed by atoms with Crippen LogP contribution in [0.25, 0.3) is 0 Å². The average molecular weight is 217 g/mol. The molecule has 0 fully saturated rings. The third kappa shape index (κ3) is 3.39. The fourth-order valence-corrected chi connectivity index (χ4v) is 1.63. The summed E-state index contributed by atoms with van der Waals surface area (Å²) in [5.74, 6) is -0.391. The molecule has 0 unspecified atom stereocenters. The van der Waals surface area contributed by atoms with Crippen LogP contribution in [-0.2, 0) is 17.6 Å². The van der Waals surface area contributed by atoms with E-state index in [4.69, 9.17) is 10.4 Å². The second-order valence-corrected chi connectivity index (χ2v) is 4.27. The van der Waals surface area contributed by atoms with Crippen molar-refractivity contribution in [2.45, 2.75) is 26.7 Å². The predicted molar refractivity (Wildman–Crippen MR) is 61.0 cm³/mol. The Bertz CT molecular complexity index is 430. The summed E-state index contributed by atoms with van der Waals surface area (Å²) in [5.41, 5.74) is 2.26. The fraction of sp³-hybridized carbons (Fsp3) is 0.385. The molecule has 0 spiro atoms. The van der Waals surface area contributed by atoms with Crippen LogP contribution in [-0.4, -0.2) is 11.1 Å². The van der Waals surface area contributed by atoms with Crippen molar-refractivity contribution in [1.82, 2.24) is 0 Å². The molecule has 0 heterocycles. The first kappa shape index (κ1) is 12.3. The molecule has 1 rings (SSSR count). The first-order valence-electron chi connectivity index (χ1n) is 5.26. The van der Waals surface area contributed by atoms with Crippen molar-refractivity contribution >= 4 is 5.97 Å². The Kier molecular flexibility index (Phi) is 4.07. The number of hydrogen-bond donors (Lipinski definition) is 1. The Morgan fingerprint density at radius 2 is 2.19 bits per heavy atom. The lowest BCUT2D eigenvalue weighted by Crippen LogP contribution is -2.02. The third-order valence-corrected chi connectivity index (χ3v) is 2.28. The number of nitriles is 1. The van der Waals surface area contributed by atoms with Crippen LogP contribution in [0.4, 0.5) is 0 Å². The second kappa shape index (κ2) is 5.32. The van der Waals surface area contributed by atoms with Gasteiger partial charge in [0.25, 0.3) is 0 Å². The average Bonchev–Trinajstić information content (AvgIpc) is 2.18. The molecule has 0 bridgehead atoms. The number of benzene rings is 1. The molecule has 0 aromatic heterocycles. The topological polar surface area (TPSA) is 61.1 Å². The Morgan fingerprint density at radius 1 is 1.50 bits per heavy atom. The highest BCUT2D eigenvalue weighted by Gasteiger charge is 2.07. The quantitative estimate of drug-likeness (QED) is 0.842. The van der Waals surface area contributed by atoms with Crippen molar-refractivity contribution in [3.63, 3.8) is 0 Å². The van der Waals surface area contributed by atoms with Gasteiger partial charge in [-0.2, -0.15) is 5.26 Å². The van der Waals surface area contributed by atoms with Crippen LogP contribution in [0, 0.1) is 17.2 Å². The van der Waals surface area contributed by atoms with E-state index < -0.39 is 5.97 Å². The highest BCUT2D eigenvalue weighted by atomic mass is 16.4. The molecule has 1 N–H and O–H groups in total. The van der Waals surface area contributed by atoms with Crippen molar-refractivity contribution in [3.05, 3.63) is 34.9 Å². The van der Waals surface area contributed by atoms with Crippen molar-refractivity contribution in [2.75, 3.05) is 0 Å². The zero-order chi connectivity index (χ0) is 12.1. The number of carboxylic acid groups (broad SMARTS) is 1. The van der Waals surface area contributed by atoms with Crippen molar-refractivity contribution in [3.8, 4) is 6.07 Å². The van der Waals surface area contributed by atoms with Crippen LogP contribution < -0.4 is 0 Å². The van der Waals surface area contributed by atoms with E-state index in [0.29, 0.717) is 17.0 Å². The van der Waals surface area contributed by atoms with Crippen LogP contribution in [0.3, 0.4) is 0 Å². The first-order chi connectivity index (χ1) is 7.52. The maximum absolute atomic E-state index is 10.5. The molecule has 0 saturated heterocycles. The molecule has 0 aliphatic carbocycles. The largest absolute Gasteiger partial charge is 0.481 e. The van der Waals surface area contributed by atoms with Crippen LogP contribution in [0.15, 0.2) is 18.2 Å². The summed E-state index contributed by atoms with van der Waals surface area (Å²) in [6, 6.07) is 7.44. The molecule has 84 valence electrons. The zero-order valence-corrected chi connectivity index (χ0v) is 9.53. The highest BCUT2D eigenvalue weighted by Crippen LogP contribution is 2.15. The minimum atomic E-state index is -0.875. The molecule has 3 heteroatoms. The normalized spacial score (nSPS) is 10.1. The van der Waals surface area contributed by atoms with E-state index in [-0.39, 0.29) is 6.42 Å². The Labute approximate surface area is 95.3 Å². The maximum atomic E-state index is 10.5. The summed E-state index contributed by atoms with van der Waals surface area (Å²) in [7, 11) is 0. The number of carbonyl (C=O) groups is 1. The Balaban J connectivity index is 2.98. The molecule has 0 aliphatic heterocycles. The monoisotopic (exact) mass is 217 g/mol. The van der Waals surface area contributed by atoms with Gasteiger partial charge in [-0.05, 0) is 29.5 Å². The number of rotatable bonds is 4. The van der Waals surface area contributed by atoms with Crippen LogP contribution in [0.2, 0.25) is 0 Å². The Morgan fingerprint density at radius 3 is 2.69 bits per heavy atom. The van der Waals surface area contributed by atoms with Crippen molar-refractivity contribution in [2.24, 2.45) is 5.92 Å². The molecule has 0 saturated carbocycles. The molecule has 0 atom stereocenters. The van der Waals surface area contributed by atoms with Crippen LogP contribution in [0.5, 0.6) is 0 Å². The summed E-state index contributed by atoms with van der Waals surface area (Å²) in [6.07, 6.45) is 0.812. The van der Waals surface area contributed by atoms with Crippen LogP contribution >= 0.6 is 0 Å². The summed E-state index contributed by atoms with van der Waals surface area (Å²) in [6.45, 7) is 4.18. The lowest BCUT2D eigenvalue weighted by atomic mass is 9.96. The molecule has 1 aromatic rings. The van der Waals surface area contributed by atoms with Gasteiger partial charge in [-0.1, -0.05) is 26.0 Å². The lowest BCUT2D eigenvalue weighted by Gasteiger charge is -2.08. The first-order valence-corrected chi connectivity index (χ1v) is 5.26. The standard InChI is InChI=1S/C13H15NO2/c1-9(2)5-11-4-3-10(7-13(15)16)6-12(11)8-14/h3-4,6,9H,5,7H2,1-2H3,(H,15,16). The number of aliphatic carboxylic acids is 1. The van der Waals surface area contributed by atoms with E-state index >= 15 is 0 Å². The van der Waals surface area contributed by atoms with Gasteiger partial charge in [0.05, 0.1) is 18.1 Å². The van der Waals surface area contributed by atoms with Gasteiger partial charge in [-0.3, -0.25) is 4.79 Å². The van der Waals surface area contributed by atoms with Crippen molar-refractivity contribution in [1.29, 1.82) is 5.26 Å². The van der Waals surface area contributed by atoms with Crippen molar-refractivity contribution < 1.29 is 9.90 Å². The van der Waals surface area contributed by atoms with E-state index in [1.165, 1.54) is 0 Å². The van der Waals surface area contributed by atoms with Gasteiger partial charge in [-0.15, -0.1) is 0 Å². The van der Waals surface area contributed by atoms with Gasteiger partial charge >= 0.3 is 5.97 Å². The van der Waals surface area contributed by atoms with Gasteiger partial charge < -0.3 is 5.11 Å². The number of carboxylic acids is 1. The van der Waals surface area contributed by atoms with Gasteiger partial charge in [0.1, 0.15) is 0 Å². The van der Waals surface area contributed by atoms with Gasteiger partial charge in [0.15, 0.2) is 0 Å². The van der Waals surface area contributed by atoms with Gasteiger partial charge in [0, 0.05) is 0 Å². The summed E-state index contributed by atoms with van der Waals surface area (Å²) >= 11 is 0. The summed E-state index contributed by atoms with van der Waals surface area (Å²) in [5, 5.41) is 17.7. The SMILES string of the molecule is CC(C)Cc1ccc(CC(=O)O)cc1C#N. The molecular weight excluding hydrogens is 202 g/mol. The van der Waals surface area contributed by atoms with Gasteiger partial charge in [0.2, 0.25) is 0 Å². The lowest BCUT2D eigenvalue weighted by molar-refractivity contribution is -0.136. The minimum Gasteiger partial charge on any atom is -0.481 e. The van der Waals surface area contributed by atoms with E-state index in [0.717, 1.165) is 12.0 Å². The number of nitrogens with zero attached hydrogens (tertiary/aromatic N) is 1. The van der Waals surface area contributed by atoms with Crippen LogP contribution in [0.1, 0.15) is 30.5 Å².